The minimum absolute atomic E-state index is 0.265. The van der Waals surface area contributed by atoms with Crippen LogP contribution in [0.2, 0.25) is 0 Å². The fourth-order valence-corrected chi connectivity index (χ4v) is 3.56. The molecule has 0 saturated heterocycles. The summed E-state index contributed by atoms with van der Waals surface area (Å²) in [5.41, 5.74) is 0.265. The molecule has 1 fully saturated rings. The van der Waals surface area contributed by atoms with E-state index >= 15 is 0 Å². The SMILES string of the molecule is CCO[C@H](C)C1CCC(CC(C)[C@@H](C)OCC(C)(C)C)CC1. The second kappa shape index (κ2) is 9.27. The Kier molecular flexibility index (Phi) is 8.42. The standard InChI is InChI=1S/C20H40O2/c1-8-21-17(4)19-11-9-18(10-12-19)13-15(2)16(3)22-14-20(5,6)7/h15-19H,8-14H2,1-7H3/t15?,16-,17-,18?,19?/m1/s1. The lowest BCUT2D eigenvalue weighted by atomic mass is 9.76. The summed E-state index contributed by atoms with van der Waals surface area (Å²) in [6.45, 7) is 17.4. The third-order valence-electron chi connectivity index (χ3n) is 5.27. The average molecular weight is 313 g/mol. The van der Waals surface area contributed by atoms with Crippen LogP contribution in [0.1, 0.15) is 80.6 Å². The number of hydrogen-bond donors (Lipinski definition) is 0. The Morgan fingerprint density at radius 3 is 2.05 bits per heavy atom. The molecule has 0 aromatic carbocycles. The average Bonchev–Trinajstić information content (AvgIpc) is 2.45. The van der Waals surface area contributed by atoms with E-state index in [2.05, 4.69) is 48.5 Å². The van der Waals surface area contributed by atoms with Gasteiger partial charge >= 0.3 is 0 Å². The number of hydrogen-bond acceptors (Lipinski definition) is 2. The third-order valence-corrected chi connectivity index (χ3v) is 5.27. The van der Waals surface area contributed by atoms with Crippen molar-refractivity contribution >= 4 is 0 Å². The van der Waals surface area contributed by atoms with Crippen molar-refractivity contribution in [1.29, 1.82) is 0 Å². The van der Waals surface area contributed by atoms with Gasteiger partial charge in [-0.1, -0.05) is 40.5 Å². The lowest BCUT2D eigenvalue weighted by Crippen LogP contribution is -2.29. The molecule has 0 aromatic rings. The van der Waals surface area contributed by atoms with E-state index in [-0.39, 0.29) is 5.41 Å². The minimum Gasteiger partial charge on any atom is -0.379 e. The molecule has 0 aliphatic heterocycles. The highest BCUT2D eigenvalue weighted by Gasteiger charge is 2.27. The van der Waals surface area contributed by atoms with Crippen molar-refractivity contribution < 1.29 is 9.47 Å². The molecule has 0 bridgehead atoms. The Morgan fingerprint density at radius 1 is 0.955 bits per heavy atom. The van der Waals surface area contributed by atoms with Crippen LogP contribution in [0.5, 0.6) is 0 Å². The first-order chi connectivity index (χ1) is 10.2. The van der Waals surface area contributed by atoms with Crippen LogP contribution in [0.15, 0.2) is 0 Å². The predicted molar refractivity (Wildman–Crippen MR) is 95.2 cm³/mol. The molecular weight excluding hydrogens is 272 g/mol. The van der Waals surface area contributed by atoms with Gasteiger partial charge in [0.2, 0.25) is 0 Å². The zero-order valence-electron chi connectivity index (χ0n) is 16.2. The molecule has 0 aromatic heterocycles. The van der Waals surface area contributed by atoms with E-state index in [1.54, 1.807) is 0 Å². The highest BCUT2D eigenvalue weighted by atomic mass is 16.5. The van der Waals surface area contributed by atoms with Gasteiger partial charge in [0.25, 0.3) is 0 Å². The second-order valence-corrected chi connectivity index (χ2v) is 8.73. The van der Waals surface area contributed by atoms with E-state index in [1.807, 2.05) is 0 Å². The van der Waals surface area contributed by atoms with E-state index in [0.29, 0.717) is 18.1 Å². The maximum Gasteiger partial charge on any atom is 0.0575 e. The smallest absolute Gasteiger partial charge is 0.0575 e. The first-order valence-corrected chi connectivity index (χ1v) is 9.46. The molecule has 0 radical (unpaired) electrons. The summed E-state index contributed by atoms with van der Waals surface area (Å²) in [6.07, 6.45) is 7.57. The highest BCUT2D eigenvalue weighted by Crippen LogP contribution is 2.36. The van der Waals surface area contributed by atoms with Gasteiger partial charge < -0.3 is 9.47 Å². The van der Waals surface area contributed by atoms with E-state index in [4.69, 9.17) is 9.47 Å². The van der Waals surface area contributed by atoms with Gasteiger partial charge in [0, 0.05) is 6.61 Å². The third kappa shape index (κ3) is 7.46. The lowest BCUT2D eigenvalue weighted by molar-refractivity contribution is -0.0188. The molecule has 1 unspecified atom stereocenters. The highest BCUT2D eigenvalue weighted by molar-refractivity contribution is 4.78. The monoisotopic (exact) mass is 312 g/mol. The number of rotatable bonds is 8. The Bertz CT molecular complexity index is 287. The molecule has 2 nitrogen and oxygen atoms in total. The molecule has 1 aliphatic carbocycles. The molecule has 0 amide bonds. The molecule has 3 atom stereocenters. The van der Waals surface area contributed by atoms with E-state index in [9.17, 15) is 0 Å². The van der Waals surface area contributed by atoms with Crippen molar-refractivity contribution in [2.75, 3.05) is 13.2 Å². The summed E-state index contributed by atoms with van der Waals surface area (Å²) in [4.78, 5) is 0. The van der Waals surface area contributed by atoms with E-state index < -0.39 is 0 Å². The zero-order valence-corrected chi connectivity index (χ0v) is 16.2. The van der Waals surface area contributed by atoms with Crippen LogP contribution < -0.4 is 0 Å². The van der Waals surface area contributed by atoms with Gasteiger partial charge in [-0.3, -0.25) is 0 Å². The largest absolute Gasteiger partial charge is 0.379 e. The van der Waals surface area contributed by atoms with Gasteiger partial charge in [0.05, 0.1) is 18.8 Å². The van der Waals surface area contributed by atoms with Crippen molar-refractivity contribution in [2.24, 2.45) is 23.2 Å². The molecule has 0 spiro atoms. The maximum atomic E-state index is 6.08. The summed E-state index contributed by atoms with van der Waals surface area (Å²) in [6, 6.07) is 0. The number of ether oxygens (including phenoxy) is 2. The fraction of sp³-hybridized carbons (Fsp3) is 1.00. The predicted octanol–water partition coefficient (Wildman–Crippen LogP) is 5.70. The first kappa shape index (κ1) is 20.0. The van der Waals surface area contributed by atoms with Crippen molar-refractivity contribution in [3.8, 4) is 0 Å². The molecule has 1 saturated carbocycles. The molecule has 2 heteroatoms. The van der Waals surface area contributed by atoms with Gasteiger partial charge in [0.15, 0.2) is 0 Å². The topological polar surface area (TPSA) is 18.5 Å². The Balaban J connectivity index is 2.27. The van der Waals surface area contributed by atoms with Crippen LogP contribution in [0.25, 0.3) is 0 Å². The molecular formula is C20H40O2. The van der Waals surface area contributed by atoms with Crippen LogP contribution in [-0.2, 0) is 9.47 Å². The normalized spacial score (nSPS) is 27.4. The van der Waals surface area contributed by atoms with Crippen LogP contribution >= 0.6 is 0 Å². The Labute approximate surface area is 139 Å². The van der Waals surface area contributed by atoms with Crippen LogP contribution in [-0.4, -0.2) is 25.4 Å². The quantitative estimate of drug-likeness (QED) is 0.573. The first-order valence-electron chi connectivity index (χ1n) is 9.46. The van der Waals surface area contributed by atoms with Crippen LogP contribution in [0, 0.1) is 23.2 Å². The summed E-state index contributed by atoms with van der Waals surface area (Å²) in [7, 11) is 0. The van der Waals surface area contributed by atoms with Crippen molar-refractivity contribution in [3.63, 3.8) is 0 Å². The van der Waals surface area contributed by atoms with Crippen molar-refractivity contribution in [3.05, 3.63) is 0 Å². The van der Waals surface area contributed by atoms with E-state index in [1.165, 1.54) is 32.1 Å². The zero-order chi connectivity index (χ0) is 16.8. The van der Waals surface area contributed by atoms with Crippen LogP contribution in [0.4, 0.5) is 0 Å². The van der Waals surface area contributed by atoms with Gasteiger partial charge in [0.1, 0.15) is 0 Å². The van der Waals surface area contributed by atoms with Gasteiger partial charge in [-0.05, 0) is 63.2 Å². The molecule has 0 N–H and O–H groups in total. The van der Waals surface area contributed by atoms with Crippen LogP contribution in [0.3, 0.4) is 0 Å². The summed E-state index contributed by atoms with van der Waals surface area (Å²) in [5.74, 6) is 2.33. The van der Waals surface area contributed by atoms with Gasteiger partial charge in [-0.25, -0.2) is 0 Å². The molecule has 22 heavy (non-hydrogen) atoms. The van der Waals surface area contributed by atoms with Crippen molar-refractivity contribution in [1.82, 2.24) is 0 Å². The fourth-order valence-electron chi connectivity index (χ4n) is 3.56. The molecule has 132 valence electrons. The minimum atomic E-state index is 0.265. The summed E-state index contributed by atoms with van der Waals surface area (Å²) in [5, 5.41) is 0. The van der Waals surface area contributed by atoms with Gasteiger partial charge in [-0.15, -0.1) is 0 Å². The summed E-state index contributed by atoms with van der Waals surface area (Å²) >= 11 is 0. The second-order valence-electron chi connectivity index (χ2n) is 8.73. The Morgan fingerprint density at radius 2 is 1.55 bits per heavy atom. The molecule has 1 rings (SSSR count). The maximum absolute atomic E-state index is 6.08. The molecule has 1 aliphatic rings. The summed E-state index contributed by atoms with van der Waals surface area (Å²) < 4.78 is 11.9. The molecule has 0 heterocycles. The lowest BCUT2D eigenvalue weighted by Gasteiger charge is -2.34. The van der Waals surface area contributed by atoms with E-state index in [0.717, 1.165) is 25.0 Å². The van der Waals surface area contributed by atoms with Gasteiger partial charge in [-0.2, -0.15) is 0 Å². The van der Waals surface area contributed by atoms with Crippen molar-refractivity contribution in [2.45, 2.75) is 92.8 Å². The Hall–Kier alpha value is -0.0800.